The largest absolute Gasteiger partial charge is 0.346 e. The van der Waals surface area contributed by atoms with Crippen LogP contribution in [0.4, 0.5) is 0 Å². The molecule has 1 aromatic heterocycles. The number of likely N-dealkylation sites (tertiary alicyclic amines) is 1. The molecule has 2 heterocycles. The van der Waals surface area contributed by atoms with Gasteiger partial charge in [0.2, 0.25) is 0 Å². The molecule has 4 heteroatoms. The van der Waals surface area contributed by atoms with Crippen LogP contribution in [0, 0.1) is 13.8 Å². The summed E-state index contributed by atoms with van der Waals surface area (Å²) in [4.78, 5) is 19.4. The fraction of sp³-hybridized carbons (Fsp3) is 0.429. The molecule has 4 nitrogen and oxygen atoms in total. The molecule has 1 atom stereocenters. The zero-order valence-corrected chi connectivity index (χ0v) is 15.4. The van der Waals surface area contributed by atoms with E-state index >= 15 is 0 Å². The van der Waals surface area contributed by atoms with Gasteiger partial charge in [-0.05, 0) is 75.5 Å². The van der Waals surface area contributed by atoms with Gasteiger partial charge in [0.25, 0.3) is 5.91 Å². The van der Waals surface area contributed by atoms with Crippen LogP contribution in [0.1, 0.15) is 51.6 Å². The highest BCUT2D eigenvalue weighted by molar-refractivity contribution is 5.94. The van der Waals surface area contributed by atoms with Gasteiger partial charge in [-0.3, -0.25) is 9.78 Å². The van der Waals surface area contributed by atoms with Crippen molar-refractivity contribution in [3.63, 3.8) is 0 Å². The average Bonchev–Trinajstić information content (AvgIpc) is 2.62. The van der Waals surface area contributed by atoms with E-state index in [0.717, 1.165) is 23.5 Å². The van der Waals surface area contributed by atoms with E-state index in [1.165, 1.54) is 30.5 Å². The summed E-state index contributed by atoms with van der Waals surface area (Å²) in [6.07, 6.45) is 2.41. The Morgan fingerprint density at radius 3 is 2.88 bits per heavy atom. The Bertz CT molecular complexity index is 757. The lowest BCUT2D eigenvalue weighted by molar-refractivity contribution is 0.0950. The number of carbonyl (C=O) groups is 1. The molecular weight excluding hydrogens is 310 g/mol. The zero-order valence-electron chi connectivity index (χ0n) is 15.4. The quantitative estimate of drug-likeness (QED) is 0.929. The lowest BCUT2D eigenvalue weighted by Gasteiger charge is -2.30. The minimum atomic E-state index is -0.0361. The monoisotopic (exact) mass is 337 g/mol. The number of nitrogens with zero attached hydrogens (tertiary/aromatic N) is 2. The molecule has 0 radical (unpaired) electrons. The Kier molecular flexibility index (Phi) is 5.49. The summed E-state index contributed by atoms with van der Waals surface area (Å²) in [5.74, 6) is 0.485. The Hall–Kier alpha value is -2.20. The first-order valence-corrected chi connectivity index (χ1v) is 9.03. The summed E-state index contributed by atoms with van der Waals surface area (Å²) < 4.78 is 0. The van der Waals surface area contributed by atoms with Crippen molar-refractivity contribution >= 4 is 5.91 Å². The smallest absolute Gasteiger partial charge is 0.251 e. The molecule has 1 aliphatic heterocycles. The normalized spacial score (nSPS) is 18.1. The summed E-state index contributed by atoms with van der Waals surface area (Å²) >= 11 is 0. The fourth-order valence-electron chi connectivity index (χ4n) is 3.43. The number of carbonyl (C=O) groups excluding carboxylic acids is 1. The van der Waals surface area contributed by atoms with Crippen LogP contribution in [0.15, 0.2) is 36.4 Å². The molecule has 132 valence electrons. The minimum absolute atomic E-state index is 0.0361. The molecule has 0 bridgehead atoms. The molecule has 1 saturated heterocycles. The summed E-state index contributed by atoms with van der Waals surface area (Å²) in [5, 5.41) is 2.99. The first-order chi connectivity index (χ1) is 12.0. The first kappa shape index (κ1) is 17.6. The zero-order chi connectivity index (χ0) is 17.8. The predicted octanol–water partition coefficient (Wildman–Crippen LogP) is 3.44. The van der Waals surface area contributed by atoms with Crippen LogP contribution in [0.3, 0.4) is 0 Å². The maximum atomic E-state index is 12.5. The lowest BCUT2D eigenvalue weighted by Crippen LogP contribution is -2.31. The van der Waals surface area contributed by atoms with E-state index in [9.17, 15) is 4.79 Å². The van der Waals surface area contributed by atoms with Crippen molar-refractivity contribution in [3.05, 3.63) is 64.5 Å². The SMILES string of the molecule is Cc1ccc(CNC(=O)c2cccc(C3CCCN(C)C3)c2)nc1C. The van der Waals surface area contributed by atoms with Crippen LogP contribution in [-0.2, 0) is 6.54 Å². The number of likely N-dealkylation sites (N-methyl/N-ethyl adjacent to an activating group) is 1. The number of piperidine rings is 1. The summed E-state index contributed by atoms with van der Waals surface area (Å²) in [5.41, 5.74) is 5.06. The van der Waals surface area contributed by atoms with Crippen molar-refractivity contribution in [3.8, 4) is 0 Å². The second-order valence-corrected chi connectivity index (χ2v) is 7.11. The molecule has 1 aliphatic rings. The first-order valence-electron chi connectivity index (χ1n) is 9.03. The Morgan fingerprint density at radius 2 is 2.12 bits per heavy atom. The van der Waals surface area contributed by atoms with Gasteiger partial charge in [0, 0.05) is 17.8 Å². The summed E-state index contributed by atoms with van der Waals surface area (Å²) in [7, 11) is 2.17. The van der Waals surface area contributed by atoms with Gasteiger partial charge < -0.3 is 10.2 Å². The maximum Gasteiger partial charge on any atom is 0.251 e. The van der Waals surface area contributed by atoms with Crippen molar-refractivity contribution in [2.75, 3.05) is 20.1 Å². The summed E-state index contributed by atoms with van der Waals surface area (Å²) in [6, 6.07) is 12.1. The number of benzene rings is 1. The van der Waals surface area contributed by atoms with Gasteiger partial charge >= 0.3 is 0 Å². The van der Waals surface area contributed by atoms with Gasteiger partial charge in [0.1, 0.15) is 0 Å². The molecule has 0 saturated carbocycles. The van der Waals surface area contributed by atoms with E-state index in [2.05, 4.69) is 28.3 Å². The molecule has 2 aromatic rings. The molecule has 3 rings (SSSR count). The molecular formula is C21H27N3O. The molecule has 0 aliphatic carbocycles. The minimum Gasteiger partial charge on any atom is -0.346 e. The van der Waals surface area contributed by atoms with Gasteiger partial charge in [-0.25, -0.2) is 0 Å². The molecule has 1 aromatic carbocycles. The number of hydrogen-bond acceptors (Lipinski definition) is 3. The second-order valence-electron chi connectivity index (χ2n) is 7.11. The Morgan fingerprint density at radius 1 is 1.28 bits per heavy atom. The number of aryl methyl sites for hydroxylation is 2. The van der Waals surface area contributed by atoms with E-state index in [1.807, 2.05) is 44.2 Å². The van der Waals surface area contributed by atoms with Crippen LogP contribution < -0.4 is 5.32 Å². The van der Waals surface area contributed by atoms with E-state index in [1.54, 1.807) is 0 Å². The molecule has 1 amide bonds. The van der Waals surface area contributed by atoms with Crippen LogP contribution in [0.2, 0.25) is 0 Å². The highest BCUT2D eigenvalue weighted by atomic mass is 16.1. The van der Waals surface area contributed by atoms with Crippen molar-refractivity contribution in [1.29, 1.82) is 0 Å². The predicted molar refractivity (Wildman–Crippen MR) is 101 cm³/mol. The van der Waals surface area contributed by atoms with Crippen molar-refractivity contribution in [2.24, 2.45) is 0 Å². The third-order valence-corrected chi connectivity index (χ3v) is 5.08. The van der Waals surface area contributed by atoms with Crippen molar-refractivity contribution < 1.29 is 4.79 Å². The Balaban J connectivity index is 1.65. The lowest BCUT2D eigenvalue weighted by atomic mass is 9.90. The number of aromatic nitrogens is 1. The van der Waals surface area contributed by atoms with Gasteiger partial charge in [-0.1, -0.05) is 18.2 Å². The highest BCUT2D eigenvalue weighted by Crippen LogP contribution is 2.26. The van der Waals surface area contributed by atoms with Crippen LogP contribution in [0.5, 0.6) is 0 Å². The number of pyridine rings is 1. The van der Waals surface area contributed by atoms with Crippen molar-refractivity contribution in [1.82, 2.24) is 15.2 Å². The molecule has 1 N–H and O–H groups in total. The van der Waals surface area contributed by atoms with Crippen LogP contribution >= 0.6 is 0 Å². The second kappa shape index (κ2) is 7.79. The maximum absolute atomic E-state index is 12.5. The number of rotatable bonds is 4. The highest BCUT2D eigenvalue weighted by Gasteiger charge is 2.19. The Labute approximate surface area is 150 Å². The van der Waals surface area contributed by atoms with E-state index in [0.29, 0.717) is 12.5 Å². The van der Waals surface area contributed by atoms with Gasteiger partial charge in [0.15, 0.2) is 0 Å². The van der Waals surface area contributed by atoms with Crippen molar-refractivity contribution in [2.45, 2.75) is 39.2 Å². The third kappa shape index (κ3) is 4.45. The number of nitrogens with one attached hydrogen (secondary N) is 1. The average molecular weight is 337 g/mol. The number of hydrogen-bond donors (Lipinski definition) is 1. The van der Waals surface area contributed by atoms with Crippen LogP contribution in [0.25, 0.3) is 0 Å². The van der Waals surface area contributed by atoms with Gasteiger partial charge in [-0.15, -0.1) is 0 Å². The summed E-state index contributed by atoms with van der Waals surface area (Å²) in [6.45, 7) is 6.72. The number of amides is 1. The third-order valence-electron chi connectivity index (χ3n) is 5.08. The standard InChI is InChI=1S/C21H27N3O/c1-15-9-10-20(23-16(15)2)13-22-21(25)18-7-4-6-17(12-18)19-8-5-11-24(3)14-19/h4,6-7,9-10,12,19H,5,8,11,13-14H2,1-3H3,(H,22,25). The van der Waals surface area contributed by atoms with E-state index in [-0.39, 0.29) is 5.91 Å². The molecule has 25 heavy (non-hydrogen) atoms. The fourth-order valence-corrected chi connectivity index (χ4v) is 3.43. The molecule has 1 unspecified atom stereocenters. The van der Waals surface area contributed by atoms with E-state index in [4.69, 9.17) is 0 Å². The van der Waals surface area contributed by atoms with Crippen LogP contribution in [-0.4, -0.2) is 35.9 Å². The van der Waals surface area contributed by atoms with Gasteiger partial charge in [-0.2, -0.15) is 0 Å². The molecule has 1 fully saturated rings. The topological polar surface area (TPSA) is 45.2 Å². The van der Waals surface area contributed by atoms with Gasteiger partial charge in [0.05, 0.1) is 12.2 Å². The van der Waals surface area contributed by atoms with E-state index < -0.39 is 0 Å². The molecule has 0 spiro atoms.